The van der Waals surface area contributed by atoms with Gasteiger partial charge in [0.25, 0.3) is 0 Å². The van der Waals surface area contributed by atoms with E-state index in [0.717, 1.165) is 56.3 Å². The van der Waals surface area contributed by atoms with E-state index in [9.17, 15) is 8.78 Å². The number of aliphatic imine (C=N–C) groups is 1. The molecule has 1 aromatic heterocycles. The highest BCUT2D eigenvalue weighted by molar-refractivity contribution is 14.0. The van der Waals surface area contributed by atoms with Crippen LogP contribution < -0.4 is 5.32 Å². The number of morpholine rings is 1. The molecule has 0 aliphatic carbocycles. The highest BCUT2D eigenvalue weighted by Gasteiger charge is 2.30. The van der Waals surface area contributed by atoms with Crippen LogP contribution in [-0.4, -0.2) is 77.8 Å². The van der Waals surface area contributed by atoms with E-state index in [-0.39, 0.29) is 30.5 Å². The average Bonchev–Trinajstić information content (AvgIpc) is 3.26. The summed E-state index contributed by atoms with van der Waals surface area (Å²) in [7, 11) is 1.71. The van der Waals surface area contributed by atoms with Crippen LogP contribution in [0.1, 0.15) is 18.8 Å². The second kappa shape index (κ2) is 9.62. The lowest BCUT2D eigenvalue weighted by Crippen LogP contribution is -2.46. The Labute approximate surface area is 163 Å². The molecule has 0 amide bonds. The predicted molar refractivity (Wildman–Crippen MR) is 101 cm³/mol. The number of guanidine groups is 1. The first-order valence-corrected chi connectivity index (χ1v) is 8.26. The first-order valence-electron chi connectivity index (χ1n) is 8.26. The van der Waals surface area contributed by atoms with Crippen molar-refractivity contribution in [2.24, 2.45) is 4.99 Å². The second-order valence-electron chi connectivity index (χ2n) is 5.97. The lowest BCUT2D eigenvalue weighted by molar-refractivity contribution is 0.0194. The van der Waals surface area contributed by atoms with Crippen LogP contribution in [0.15, 0.2) is 17.4 Å². The van der Waals surface area contributed by atoms with Crippen LogP contribution in [-0.2, 0) is 11.3 Å². The molecule has 0 bridgehead atoms. The first-order chi connectivity index (χ1) is 11.7. The lowest BCUT2D eigenvalue weighted by Gasteiger charge is -2.32. The third-order valence-electron chi connectivity index (χ3n) is 4.60. The molecule has 2 aliphatic heterocycles. The molecule has 1 atom stereocenters. The van der Waals surface area contributed by atoms with E-state index in [4.69, 9.17) is 4.74 Å². The Bertz CT molecular complexity index is 564. The smallest absolute Gasteiger partial charge is 0.319 e. The van der Waals surface area contributed by atoms with E-state index >= 15 is 0 Å². The number of ether oxygens (including phenoxy) is 1. The highest BCUT2D eigenvalue weighted by atomic mass is 127. The van der Waals surface area contributed by atoms with E-state index in [1.807, 2.05) is 0 Å². The largest absolute Gasteiger partial charge is 0.379 e. The number of hydrogen-bond acceptors (Lipinski definition) is 4. The van der Waals surface area contributed by atoms with Crippen molar-refractivity contribution in [1.82, 2.24) is 24.7 Å². The summed E-state index contributed by atoms with van der Waals surface area (Å²) in [5.74, 6) is 1.03. The monoisotopic (exact) mass is 470 g/mol. The van der Waals surface area contributed by atoms with Gasteiger partial charge in [-0.3, -0.25) is 14.5 Å². The lowest BCUT2D eigenvalue weighted by atomic mass is 10.2. The number of hydrogen-bond donors (Lipinski definition) is 1. The van der Waals surface area contributed by atoms with Crippen molar-refractivity contribution >= 4 is 29.9 Å². The van der Waals surface area contributed by atoms with Crippen LogP contribution in [0.3, 0.4) is 0 Å². The van der Waals surface area contributed by atoms with Crippen LogP contribution >= 0.6 is 24.0 Å². The molecule has 0 aromatic carbocycles. The Balaban J connectivity index is 0.00000225. The molecule has 0 spiro atoms. The van der Waals surface area contributed by atoms with Gasteiger partial charge in [0.2, 0.25) is 0 Å². The molecule has 1 unspecified atom stereocenters. The molecule has 3 heterocycles. The molecule has 25 heavy (non-hydrogen) atoms. The third kappa shape index (κ3) is 5.00. The molecule has 1 N–H and O–H groups in total. The fraction of sp³-hybridized carbons (Fsp3) is 0.733. The number of halogens is 3. The first kappa shape index (κ1) is 20.3. The van der Waals surface area contributed by atoms with Gasteiger partial charge in [0.15, 0.2) is 5.96 Å². The van der Waals surface area contributed by atoms with E-state index in [2.05, 4.69) is 25.1 Å². The quantitative estimate of drug-likeness (QED) is 0.410. The van der Waals surface area contributed by atoms with Gasteiger partial charge in [-0.15, -0.1) is 24.0 Å². The SMILES string of the molecule is CN=C(NCc1nccn1C(F)F)N1CCC(N2CCOCC2)C1.I. The maximum Gasteiger partial charge on any atom is 0.319 e. The van der Waals surface area contributed by atoms with Crippen molar-refractivity contribution < 1.29 is 13.5 Å². The van der Waals surface area contributed by atoms with Gasteiger partial charge in [-0.2, -0.15) is 8.78 Å². The Morgan fingerprint density at radius 2 is 2.16 bits per heavy atom. The van der Waals surface area contributed by atoms with Crippen molar-refractivity contribution in [3.05, 3.63) is 18.2 Å². The molecule has 0 radical (unpaired) electrons. The number of aromatic nitrogens is 2. The Morgan fingerprint density at radius 1 is 1.40 bits per heavy atom. The van der Waals surface area contributed by atoms with Gasteiger partial charge in [0.1, 0.15) is 5.82 Å². The highest BCUT2D eigenvalue weighted by Crippen LogP contribution is 2.17. The summed E-state index contributed by atoms with van der Waals surface area (Å²) in [4.78, 5) is 12.9. The van der Waals surface area contributed by atoms with Crippen LogP contribution in [0.5, 0.6) is 0 Å². The fourth-order valence-electron chi connectivity index (χ4n) is 3.32. The average molecular weight is 470 g/mol. The zero-order valence-electron chi connectivity index (χ0n) is 14.3. The zero-order chi connectivity index (χ0) is 16.9. The van der Waals surface area contributed by atoms with E-state index in [0.29, 0.717) is 11.9 Å². The molecule has 0 saturated carbocycles. The molecule has 7 nitrogen and oxygen atoms in total. The van der Waals surface area contributed by atoms with E-state index < -0.39 is 6.55 Å². The van der Waals surface area contributed by atoms with E-state index in [1.54, 1.807) is 7.05 Å². The molecule has 1 aromatic rings. The zero-order valence-corrected chi connectivity index (χ0v) is 16.6. The summed E-state index contributed by atoms with van der Waals surface area (Å²) in [6.45, 7) is 2.96. The van der Waals surface area contributed by atoms with E-state index in [1.165, 1.54) is 12.4 Å². The number of alkyl halides is 2. The number of imidazole rings is 1. The molecular weight excluding hydrogens is 445 g/mol. The van der Waals surface area contributed by atoms with Crippen LogP contribution in [0.4, 0.5) is 8.78 Å². The summed E-state index contributed by atoms with van der Waals surface area (Å²) in [6, 6.07) is 0.496. The maximum atomic E-state index is 12.9. The fourth-order valence-corrected chi connectivity index (χ4v) is 3.32. The van der Waals surface area contributed by atoms with Crippen LogP contribution in [0.2, 0.25) is 0 Å². The van der Waals surface area contributed by atoms with Crippen molar-refractivity contribution in [1.29, 1.82) is 0 Å². The Hall–Kier alpha value is -1.01. The van der Waals surface area contributed by atoms with Crippen molar-refractivity contribution in [3.8, 4) is 0 Å². The molecule has 3 rings (SSSR count). The Kier molecular flexibility index (Phi) is 7.81. The van der Waals surface area contributed by atoms with Crippen molar-refractivity contribution in [2.45, 2.75) is 25.6 Å². The number of rotatable bonds is 4. The minimum atomic E-state index is -2.58. The number of nitrogens with zero attached hydrogens (tertiary/aromatic N) is 5. The van der Waals surface area contributed by atoms with Crippen LogP contribution in [0, 0.1) is 0 Å². The normalized spacial score (nSPS) is 22.3. The summed E-state index contributed by atoms with van der Waals surface area (Å²) in [5, 5.41) is 3.15. The minimum absolute atomic E-state index is 0. The third-order valence-corrected chi connectivity index (χ3v) is 4.60. The van der Waals surface area contributed by atoms with Crippen LogP contribution in [0.25, 0.3) is 0 Å². The standard InChI is InChI=1S/C15H24F2N6O.HI/c1-18-15(20-10-13-19-3-5-23(13)14(16)17)22-4-2-12(11-22)21-6-8-24-9-7-21;/h3,5,12,14H,2,4,6-11H2,1H3,(H,18,20);1H. The summed E-state index contributed by atoms with van der Waals surface area (Å²) < 4.78 is 32.0. The predicted octanol–water partition coefficient (Wildman–Crippen LogP) is 1.38. The van der Waals surface area contributed by atoms with Crippen molar-refractivity contribution in [2.75, 3.05) is 46.4 Å². The minimum Gasteiger partial charge on any atom is -0.379 e. The molecule has 2 aliphatic rings. The van der Waals surface area contributed by atoms with Gasteiger partial charge in [0.05, 0.1) is 19.8 Å². The van der Waals surface area contributed by atoms with Gasteiger partial charge in [0, 0.05) is 51.7 Å². The Morgan fingerprint density at radius 3 is 2.84 bits per heavy atom. The molecule has 10 heteroatoms. The second-order valence-corrected chi connectivity index (χ2v) is 5.97. The van der Waals surface area contributed by atoms with Gasteiger partial charge in [-0.25, -0.2) is 4.98 Å². The molecule has 2 saturated heterocycles. The summed E-state index contributed by atoms with van der Waals surface area (Å²) in [5.41, 5.74) is 0. The maximum absolute atomic E-state index is 12.9. The number of likely N-dealkylation sites (tertiary alicyclic amines) is 1. The van der Waals surface area contributed by atoms with Gasteiger partial charge in [-0.05, 0) is 6.42 Å². The number of nitrogens with one attached hydrogen (secondary N) is 1. The van der Waals surface area contributed by atoms with Crippen molar-refractivity contribution in [3.63, 3.8) is 0 Å². The molecular formula is C15H25F2IN6O. The molecule has 2 fully saturated rings. The summed E-state index contributed by atoms with van der Waals surface area (Å²) in [6.07, 6.45) is 3.75. The summed E-state index contributed by atoms with van der Waals surface area (Å²) >= 11 is 0. The van der Waals surface area contributed by atoms with Gasteiger partial charge < -0.3 is 15.0 Å². The van der Waals surface area contributed by atoms with Gasteiger partial charge >= 0.3 is 6.55 Å². The molecule has 142 valence electrons. The topological polar surface area (TPSA) is 57.9 Å². The van der Waals surface area contributed by atoms with Gasteiger partial charge in [-0.1, -0.05) is 0 Å².